The molecule has 0 aromatic heterocycles. The number of halogens is 2. The van der Waals surface area contributed by atoms with E-state index >= 15 is 0 Å². The summed E-state index contributed by atoms with van der Waals surface area (Å²) in [5.41, 5.74) is 7.65. The van der Waals surface area contributed by atoms with E-state index in [1.165, 1.54) is 23.1 Å². The molecule has 0 fully saturated rings. The predicted octanol–water partition coefficient (Wildman–Crippen LogP) is 3.01. The van der Waals surface area contributed by atoms with Gasteiger partial charge in [-0.1, -0.05) is 35.9 Å². The summed E-state index contributed by atoms with van der Waals surface area (Å²) in [5.74, 6) is -1.08. The fourth-order valence-corrected chi connectivity index (χ4v) is 2.90. The monoisotopic (exact) mass is 304 g/mol. The van der Waals surface area contributed by atoms with Gasteiger partial charge in [-0.25, -0.2) is 4.39 Å². The van der Waals surface area contributed by atoms with Crippen molar-refractivity contribution in [3.05, 3.63) is 64.4 Å². The van der Waals surface area contributed by atoms with Gasteiger partial charge in [-0.15, -0.1) is 0 Å². The highest BCUT2D eigenvalue weighted by Crippen LogP contribution is 2.30. The second kappa shape index (κ2) is 5.47. The number of benzene rings is 2. The number of carbonyl (C=O) groups excluding carboxylic acids is 1. The molecule has 2 aromatic rings. The molecular weight excluding hydrogens is 291 g/mol. The zero-order chi connectivity index (χ0) is 15.0. The Morgan fingerprint density at radius 1 is 1.24 bits per heavy atom. The number of amides is 1. The summed E-state index contributed by atoms with van der Waals surface area (Å²) in [7, 11) is 0. The van der Waals surface area contributed by atoms with Crippen molar-refractivity contribution in [1.82, 2.24) is 0 Å². The molecule has 0 bridgehead atoms. The molecular formula is C16H14ClFN2O. The first kappa shape index (κ1) is 14.0. The summed E-state index contributed by atoms with van der Waals surface area (Å²) >= 11 is 5.99. The predicted molar refractivity (Wildman–Crippen MR) is 81.2 cm³/mol. The van der Waals surface area contributed by atoms with Crippen molar-refractivity contribution in [1.29, 1.82) is 0 Å². The van der Waals surface area contributed by atoms with Crippen molar-refractivity contribution in [3.8, 4) is 0 Å². The smallest absolute Gasteiger partial charge is 0.262 e. The minimum atomic E-state index is -0.621. The van der Waals surface area contributed by atoms with Crippen LogP contribution in [0.15, 0.2) is 42.5 Å². The van der Waals surface area contributed by atoms with E-state index in [9.17, 15) is 9.18 Å². The zero-order valence-electron chi connectivity index (χ0n) is 11.2. The lowest BCUT2D eigenvalue weighted by Crippen LogP contribution is -2.46. The summed E-state index contributed by atoms with van der Waals surface area (Å²) in [6.07, 6.45) is 0.699. The van der Waals surface area contributed by atoms with Gasteiger partial charge >= 0.3 is 0 Å². The maximum Gasteiger partial charge on any atom is 0.262 e. The summed E-state index contributed by atoms with van der Waals surface area (Å²) in [5, 5.41) is 0.108. The first-order chi connectivity index (χ1) is 10.1. The van der Waals surface area contributed by atoms with Crippen LogP contribution in [0.3, 0.4) is 0 Å². The van der Waals surface area contributed by atoms with Crippen LogP contribution in [0, 0.1) is 5.82 Å². The lowest BCUT2D eigenvalue weighted by Gasteiger charge is -2.33. The number of anilines is 1. The highest BCUT2D eigenvalue weighted by molar-refractivity contribution is 6.34. The molecule has 1 unspecified atom stereocenters. The molecule has 0 radical (unpaired) electrons. The number of carbonyl (C=O) groups is 1. The molecule has 1 aliphatic heterocycles. The molecule has 21 heavy (non-hydrogen) atoms. The topological polar surface area (TPSA) is 46.3 Å². The van der Waals surface area contributed by atoms with Crippen molar-refractivity contribution >= 4 is 23.2 Å². The van der Waals surface area contributed by atoms with Gasteiger partial charge in [-0.3, -0.25) is 4.79 Å². The number of rotatable bonds is 1. The second-order valence-corrected chi connectivity index (χ2v) is 5.51. The number of hydrogen-bond acceptors (Lipinski definition) is 2. The Morgan fingerprint density at radius 2 is 2.00 bits per heavy atom. The number of para-hydroxylation sites is 1. The van der Waals surface area contributed by atoms with Gasteiger partial charge in [0.05, 0.1) is 10.6 Å². The van der Waals surface area contributed by atoms with Crippen LogP contribution in [-0.4, -0.2) is 18.5 Å². The molecule has 1 amide bonds. The molecule has 2 N–H and O–H groups in total. The number of nitrogens with zero attached hydrogens (tertiary/aromatic N) is 1. The van der Waals surface area contributed by atoms with E-state index in [0.29, 0.717) is 13.0 Å². The molecule has 0 saturated carbocycles. The number of fused-ring (bicyclic) bond motifs is 1. The van der Waals surface area contributed by atoms with Crippen molar-refractivity contribution in [3.63, 3.8) is 0 Å². The Bertz CT molecular complexity index is 684. The first-order valence-electron chi connectivity index (χ1n) is 6.67. The van der Waals surface area contributed by atoms with Crippen molar-refractivity contribution in [2.75, 3.05) is 11.4 Å². The van der Waals surface area contributed by atoms with Crippen LogP contribution < -0.4 is 10.6 Å². The third kappa shape index (κ3) is 2.52. The van der Waals surface area contributed by atoms with E-state index < -0.39 is 11.7 Å². The maximum absolute atomic E-state index is 14.0. The van der Waals surface area contributed by atoms with Crippen molar-refractivity contribution in [2.24, 2.45) is 5.73 Å². The normalized spacial score (nSPS) is 17.5. The quantitative estimate of drug-likeness (QED) is 0.880. The van der Waals surface area contributed by atoms with E-state index in [0.717, 1.165) is 11.3 Å². The van der Waals surface area contributed by atoms with E-state index in [1.54, 1.807) is 0 Å². The molecule has 108 valence electrons. The summed E-state index contributed by atoms with van der Waals surface area (Å²) in [6, 6.07) is 11.6. The van der Waals surface area contributed by atoms with Crippen LogP contribution in [0.5, 0.6) is 0 Å². The lowest BCUT2D eigenvalue weighted by molar-refractivity contribution is 0.0979. The average molecular weight is 305 g/mol. The van der Waals surface area contributed by atoms with E-state index in [1.807, 2.05) is 24.3 Å². The third-order valence-corrected chi connectivity index (χ3v) is 3.92. The molecule has 1 aliphatic rings. The fraction of sp³-hybridized carbons (Fsp3) is 0.188. The molecule has 3 nitrogen and oxygen atoms in total. The molecule has 2 aromatic carbocycles. The Morgan fingerprint density at radius 3 is 2.76 bits per heavy atom. The van der Waals surface area contributed by atoms with Crippen LogP contribution >= 0.6 is 11.6 Å². The minimum Gasteiger partial charge on any atom is -0.326 e. The molecule has 0 spiro atoms. The molecule has 5 heteroatoms. The molecule has 3 rings (SSSR count). The summed E-state index contributed by atoms with van der Waals surface area (Å²) in [4.78, 5) is 14.2. The Hall–Kier alpha value is -1.91. The third-order valence-electron chi connectivity index (χ3n) is 3.60. The Labute approximate surface area is 127 Å². The van der Waals surface area contributed by atoms with Gasteiger partial charge in [0, 0.05) is 18.3 Å². The number of hydrogen-bond donors (Lipinski definition) is 1. The summed E-state index contributed by atoms with van der Waals surface area (Å²) in [6.45, 7) is 0.348. The van der Waals surface area contributed by atoms with Gasteiger partial charge in [0.2, 0.25) is 0 Å². The lowest BCUT2D eigenvalue weighted by atomic mass is 9.97. The van der Waals surface area contributed by atoms with Gasteiger partial charge in [-0.2, -0.15) is 0 Å². The van der Waals surface area contributed by atoms with Crippen LogP contribution in [-0.2, 0) is 6.42 Å². The van der Waals surface area contributed by atoms with Gasteiger partial charge in [0.25, 0.3) is 5.91 Å². The van der Waals surface area contributed by atoms with Crippen molar-refractivity contribution in [2.45, 2.75) is 12.5 Å². The van der Waals surface area contributed by atoms with E-state index in [4.69, 9.17) is 17.3 Å². The average Bonchev–Trinajstić information content (AvgIpc) is 2.46. The maximum atomic E-state index is 14.0. The standard InChI is InChI=1S/C16H14ClFN2O/c17-12-5-3-6-13(18)15(12)16(21)20-9-11(19)8-10-4-1-2-7-14(10)20/h1-7,11H,8-9,19H2. The SMILES string of the molecule is NC1Cc2ccccc2N(C(=O)c2c(F)cccc2Cl)C1. The van der Waals surface area contributed by atoms with E-state index in [-0.39, 0.29) is 16.6 Å². The Balaban J connectivity index is 2.06. The second-order valence-electron chi connectivity index (χ2n) is 5.11. The van der Waals surface area contributed by atoms with Gasteiger partial charge in [0.15, 0.2) is 0 Å². The summed E-state index contributed by atoms with van der Waals surface area (Å²) < 4.78 is 14.0. The highest BCUT2D eigenvalue weighted by Gasteiger charge is 2.29. The van der Waals surface area contributed by atoms with Gasteiger partial charge < -0.3 is 10.6 Å². The fourth-order valence-electron chi connectivity index (χ4n) is 2.66. The van der Waals surface area contributed by atoms with Crippen LogP contribution in [0.25, 0.3) is 0 Å². The minimum absolute atomic E-state index is 0.108. The molecule has 1 heterocycles. The van der Waals surface area contributed by atoms with Crippen LogP contribution in [0.1, 0.15) is 15.9 Å². The van der Waals surface area contributed by atoms with Gasteiger partial charge in [-0.05, 0) is 30.2 Å². The van der Waals surface area contributed by atoms with Crippen LogP contribution in [0.4, 0.5) is 10.1 Å². The van der Waals surface area contributed by atoms with Crippen molar-refractivity contribution < 1.29 is 9.18 Å². The van der Waals surface area contributed by atoms with E-state index in [2.05, 4.69) is 0 Å². The molecule has 0 aliphatic carbocycles. The number of nitrogens with two attached hydrogens (primary N) is 1. The molecule has 0 saturated heterocycles. The first-order valence-corrected chi connectivity index (χ1v) is 7.05. The largest absolute Gasteiger partial charge is 0.326 e. The van der Waals surface area contributed by atoms with Gasteiger partial charge in [0.1, 0.15) is 5.82 Å². The Kier molecular flexibility index (Phi) is 3.66. The molecule has 1 atom stereocenters. The zero-order valence-corrected chi connectivity index (χ0v) is 12.0. The van der Waals surface area contributed by atoms with Crippen LogP contribution in [0.2, 0.25) is 5.02 Å². The highest BCUT2D eigenvalue weighted by atomic mass is 35.5.